The number of hydrogen-bond acceptors (Lipinski definition) is 5. The van der Waals surface area contributed by atoms with Crippen LogP contribution in [0, 0.1) is 0 Å². The Morgan fingerprint density at radius 3 is 2.95 bits per heavy atom. The van der Waals surface area contributed by atoms with Gasteiger partial charge in [-0.25, -0.2) is 4.98 Å². The summed E-state index contributed by atoms with van der Waals surface area (Å²) >= 11 is 3.44. The molecule has 2 aliphatic rings. The predicted molar refractivity (Wildman–Crippen MR) is 85.9 cm³/mol. The van der Waals surface area contributed by atoms with Crippen LogP contribution in [0.3, 0.4) is 0 Å². The molecule has 1 saturated heterocycles. The number of imidazole rings is 1. The molecule has 0 spiro atoms. The molecule has 1 atom stereocenters. The SMILES string of the molecule is CN1C=C(Br)C=C(Nc2cn(C3CCNCC3)cn2)C1O. The number of nitrogens with one attached hydrogen (secondary N) is 2. The van der Waals surface area contributed by atoms with Crippen molar-refractivity contribution in [2.45, 2.75) is 25.1 Å². The lowest BCUT2D eigenvalue weighted by molar-refractivity contribution is 0.0868. The minimum atomic E-state index is -0.685. The van der Waals surface area contributed by atoms with Crippen LogP contribution in [-0.4, -0.2) is 45.9 Å². The van der Waals surface area contributed by atoms with Crippen molar-refractivity contribution in [1.29, 1.82) is 0 Å². The second-order valence-electron chi connectivity index (χ2n) is 5.47. The van der Waals surface area contributed by atoms with E-state index in [0.29, 0.717) is 11.7 Å². The fourth-order valence-electron chi connectivity index (χ4n) is 2.70. The highest BCUT2D eigenvalue weighted by Gasteiger charge is 2.20. The highest BCUT2D eigenvalue weighted by Crippen LogP contribution is 2.24. The second-order valence-corrected chi connectivity index (χ2v) is 6.38. The van der Waals surface area contributed by atoms with Crippen molar-refractivity contribution >= 4 is 21.7 Å². The molecule has 1 aromatic heterocycles. The van der Waals surface area contributed by atoms with Crippen molar-refractivity contribution in [2.75, 3.05) is 25.5 Å². The Hall–Kier alpha value is -1.31. The van der Waals surface area contributed by atoms with Gasteiger partial charge in [-0.15, -0.1) is 0 Å². The number of piperidine rings is 1. The Morgan fingerprint density at radius 1 is 1.43 bits per heavy atom. The molecule has 7 heteroatoms. The van der Waals surface area contributed by atoms with Crippen LogP contribution in [0.5, 0.6) is 0 Å². The fourth-order valence-corrected chi connectivity index (χ4v) is 3.27. The van der Waals surface area contributed by atoms with Crippen LogP contribution in [0.15, 0.2) is 35.0 Å². The van der Waals surface area contributed by atoms with Crippen LogP contribution < -0.4 is 10.6 Å². The molecule has 3 heterocycles. The Morgan fingerprint density at radius 2 is 2.19 bits per heavy atom. The third-order valence-corrected chi connectivity index (χ3v) is 4.32. The maximum Gasteiger partial charge on any atom is 0.167 e. The lowest BCUT2D eigenvalue weighted by Crippen LogP contribution is -2.34. The summed E-state index contributed by atoms with van der Waals surface area (Å²) in [5.41, 5.74) is 0.711. The number of hydrogen-bond donors (Lipinski definition) is 3. The molecule has 114 valence electrons. The lowest BCUT2D eigenvalue weighted by atomic mass is 10.1. The van der Waals surface area contributed by atoms with Gasteiger partial charge >= 0.3 is 0 Å². The molecule has 3 N–H and O–H groups in total. The van der Waals surface area contributed by atoms with Crippen molar-refractivity contribution in [3.8, 4) is 0 Å². The Labute approximate surface area is 132 Å². The van der Waals surface area contributed by atoms with Crippen molar-refractivity contribution in [3.63, 3.8) is 0 Å². The van der Waals surface area contributed by atoms with Crippen LogP contribution in [-0.2, 0) is 0 Å². The van der Waals surface area contributed by atoms with Gasteiger partial charge in [0.05, 0.1) is 12.0 Å². The number of nitrogens with zero attached hydrogens (tertiary/aromatic N) is 3. The topological polar surface area (TPSA) is 65.3 Å². The van der Waals surface area contributed by atoms with Crippen molar-refractivity contribution in [2.24, 2.45) is 0 Å². The highest BCUT2D eigenvalue weighted by molar-refractivity contribution is 9.11. The summed E-state index contributed by atoms with van der Waals surface area (Å²) in [5.74, 6) is 0.759. The van der Waals surface area contributed by atoms with E-state index in [9.17, 15) is 5.11 Å². The molecule has 1 aromatic rings. The largest absolute Gasteiger partial charge is 0.368 e. The number of aliphatic hydroxyl groups excluding tert-OH is 1. The number of rotatable bonds is 3. The zero-order valence-electron chi connectivity index (χ0n) is 12.0. The van der Waals surface area contributed by atoms with Crippen LogP contribution in [0.1, 0.15) is 18.9 Å². The molecule has 0 aromatic carbocycles. The standard InChI is InChI=1S/C14H20BrN5O/c1-19-7-10(15)6-12(14(19)21)18-13-8-20(9-17-13)11-2-4-16-5-3-11/h6-9,11,14,16,18,21H,2-5H2,1H3. The van der Waals surface area contributed by atoms with E-state index < -0.39 is 6.23 Å². The van der Waals surface area contributed by atoms with Crippen molar-refractivity contribution in [3.05, 3.63) is 35.0 Å². The molecule has 0 bridgehead atoms. The number of likely N-dealkylation sites (N-methyl/N-ethyl adjacent to an activating group) is 1. The average Bonchev–Trinajstić information content (AvgIpc) is 2.94. The molecular weight excluding hydrogens is 334 g/mol. The van der Waals surface area contributed by atoms with Gasteiger partial charge in [0.1, 0.15) is 5.82 Å². The van der Waals surface area contributed by atoms with Crippen LogP contribution in [0.4, 0.5) is 5.82 Å². The summed E-state index contributed by atoms with van der Waals surface area (Å²) in [6, 6.07) is 0.508. The van der Waals surface area contributed by atoms with Gasteiger partial charge in [-0.2, -0.15) is 0 Å². The van der Waals surface area contributed by atoms with E-state index in [-0.39, 0.29) is 0 Å². The summed E-state index contributed by atoms with van der Waals surface area (Å²) < 4.78 is 3.07. The second kappa shape index (κ2) is 6.21. The minimum absolute atomic E-state index is 0.508. The number of aliphatic hydroxyl groups is 1. The van der Waals surface area contributed by atoms with Gasteiger partial charge in [-0.3, -0.25) is 0 Å². The third-order valence-electron chi connectivity index (χ3n) is 3.89. The van der Waals surface area contributed by atoms with E-state index in [1.165, 1.54) is 0 Å². The zero-order chi connectivity index (χ0) is 14.8. The first-order valence-electron chi connectivity index (χ1n) is 7.13. The quantitative estimate of drug-likeness (QED) is 0.770. The summed E-state index contributed by atoms with van der Waals surface area (Å²) in [4.78, 5) is 6.13. The monoisotopic (exact) mass is 353 g/mol. The van der Waals surface area contributed by atoms with Crippen molar-refractivity contribution < 1.29 is 5.11 Å². The van der Waals surface area contributed by atoms with Gasteiger partial charge < -0.3 is 25.2 Å². The number of allylic oxidation sites excluding steroid dienone is 2. The molecule has 0 amide bonds. The molecule has 0 aliphatic carbocycles. The van der Waals surface area contributed by atoms with E-state index in [1.54, 1.807) is 4.90 Å². The summed E-state index contributed by atoms with van der Waals surface area (Å²) in [6.45, 7) is 2.11. The van der Waals surface area contributed by atoms with Crippen LogP contribution in [0.2, 0.25) is 0 Å². The summed E-state index contributed by atoms with van der Waals surface area (Å²) in [6.07, 6.45) is 9.14. The first-order valence-corrected chi connectivity index (χ1v) is 7.93. The molecule has 6 nitrogen and oxygen atoms in total. The summed E-state index contributed by atoms with van der Waals surface area (Å²) in [7, 11) is 1.83. The lowest BCUT2D eigenvalue weighted by Gasteiger charge is -2.28. The predicted octanol–water partition coefficient (Wildman–Crippen LogP) is 1.60. The van der Waals surface area contributed by atoms with E-state index in [4.69, 9.17) is 0 Å². The Balaban J connectivity index is 1.71. The van der Waals surface area contributed by atoms with Gasteiger partial charge in [-0.1, -0.05) is 0 Å². The highest BCUT2D eigenvalue weighted by atomic mass is 79.9. The smallest absolute Gasteiger partial charge is 0.167 e. The van der Waals surface area contributed by atoms with E-state index in [1.807, 2.05) is 31.8 Å². The van der Waals surface area contributed by atoms with E-state index >= 15 is 0 Å². The van der Waals surface area contributed by atoms with Gasteiger partial charge in [0.15, 0.2) is 6.23 Å². The number of anilines is 1. The first kappa shape index (κ1) is 14.6. The van der Waals surface area contributed by atoms with Gasteiger partial charge in [-0.05, 0) is 47.9 Å². The number of halogens is 1. The maximum atomic E-state index is 10.2. The molecule has 0 radical (unpaired) electrons. The van der Waals surface area contributed by atoms with Gasteiger partial charge in [0, 0.05) is 30.0 Å². The number of aromatic nitrogens is 2. The van der Waals surface area contributed by atoms with E-state index in [2.05, 4.69) is 36.1 Å². The molecule has 21 heavy (non-hydrogen) atoms. The summed E-state index contributed by atoms with van der Waals surface area (Å²) in [5, 5.41) is 16.7. The Bertz CT molecular complexity index is 561. The average molecular weight is 354 g/mol. The molecule has 2 aliphatic heterocycles. The maximum absolute atomic E-state index is 10.2. The van der Waals surface area contributed by atoms with Gasteiger partial charge in [0.2, 0.25) is 0 Å². The van der Waals surface area contributed by atoms with Crippen LogP contribution >= 0.6 is 15.9 Å². The van der Waals surface area contributed by atoms with Gasteiger partial charge in [0.25, 0.3) is 0 Å². The molecule has 3 rings (SSSR count). The third kappa shape index (κ3) is 3.30. The molecule has 0 saturated carbocycles. The first-order chi connectivity index (χ1) is 10.1. The zero-order valence-corrected chi connectivity index (χ0v) is 13.5. The van der Waals surface area contributed by atoms with Crippen LogP contribution in [0.25, 0.3) is 0 Å². The normalized spacial score (nSPS) is 23.8. The van der Waals surface area contributed by atoms with E-state index in [0.717, 1.165) is 36.2 Å². The molecule has 1 unspecified atom stereocenters. The van der Waals surface area contributed by atoms with Crippen molar-refractivity contribution in [1.82, 2.24) is 19.8 Å². The minimum Gasteiger partial charge on any atom is -0.368 e. The fraction of sp³-hybridized carbons (Fsp3) is 0.500. The molecule has 1 fully saturated rings. The molecular formula is C14H20BrN5O. The Kier molecular flexibility index (Phi) is 4.32.